The molecule has 0 aliphatic rings. The van der Waals surface area contributed by atoms with Crippen molar-refractivity contribution in [1.82, 2.24) is 0 Å². The topological polar surface area (TPSA) is 17.1 Å². The summed E-state index contributed by atoms with van der Waals surface area (Å²) in [6.07, 6.45) is 4.51. The summed E-state index contributed by atoms with van der Waals surface area (Å²) in [5.74, 6) is 0.362. The molecular formula is C14H20O. The van der Waals surface area contributed by atoms with Gasteiger partial charge in [0.1, 0.15) is 5.78 Å². The first-order chi connectivity index (χ1) is 7.26. The lowest BCUT2D eigenvalue weighted by molar-refractivity contribution is -0.118. The fourth-order valence-corrected chi connectivity index (χ4v) is 1.58. The second-order valence-electron chi connectivity index (χ2n) is 3.99. The van der Waals surface area contributed by atoms with Crippen LogP contribution in [0.3, 0.4) is 0 Å². The first-order valence-electron chi connectivity index (χ1n) is 5.85. The molecule has 1 nitrogen and oxygen atoms in total. The summed E-state index contributed by atoms with van der Waals surface area (Å²) < 4.78 is 0. The minimum atomic E-state index is 0.362. The van der Waals surface area contributed by atoms with Crippen molar-refractivity contribution in [2.45, 2.75) is 46.0 Å². The first-order valence-corrected chi connectivity index (χ1v) is 5.85. The molecule has 1 rings (SSSR count). The van der Waals surface area contributed by atoms with Crippen molar-refractivity contribution in [3.8, 4) is 0 Å². The zero-order valence-corrected chi connectivity index (χ0v) is 9.75. The van der Waals surface area contributed by atoms with Crippen LogP contribution >= 0.6 is 0 Å². The average Bonchev–Trinajstić information content (AvgIpc) is 2.27. The molecule has 82 valence electrons. The van der Waals surface area contributed by atoms with E-state index in [9.17, 15) is 4.79 Å². The molecule has 0 atom stereocenters. The number of rotatable bonds is 6. The van der Waals surface area contributed by atoms with E-state index in [1.54, 1.807) is 0 Å². The predicted octanol–water partition coefficient (Wildman–Crippen LogP) is 3.55. The van der Waals surface area contributed by atoms with Gasteiger partial charge in [0.05, 0.1) is 0 Å². The van der Waals surface area contributed by atoms with Gasteiger partial charge in [-0.3, -0.25) is 4.79 Å². The largest absolute Gasteiger partial charge is 0.299 e. The fraction of sp³-hybridized carbons (Fsp3) is 0.500. The summed E-state index contributed by atoms with van der Waals surface area (Å²) >= 11 is 0. The van der Waals surface area contributed by atoms with Crippen LogP contribution in [0.25, 0.3) is 0 Å². The molecule has 0 saturated heterocycles. The highest BCUT2D eigenvalue weighted by Crippen LogP contribution is 2.08. The summed E-state index contributed by atoms with van der Waals surface area (Å²) in [6.45, 7) is 4.25. The monoisotopic (exact) mass is 204 g/mol. The van der Waals surface area contributed by atoms with Crippen LogP contribution in [-0.2, 0) is 17.6 Å². The van der Waals surface area contributed by atoms with E-state index in [2.05, 4.69) is 38.1 Å². The lowest BCUT2D eigenvalue weighted by Gasteiger charge is -2.02. The Morgan fingerprint density at radius 2 is 1.67 bits per heavy atom. The number of hydrogen-bond donors (Lipinski definition) is 0. The van der Waals surface area contributed by atoms with E-state index in [-0.39, 0.29) is 0 Å². The molecule has 0 aliphatic heterocycles. The standard InChI is InChI=1S/C14H20O/c1-3-5-6-14(15)11-13-9-7-12(4-2)8-10-13/h7-10H,3-6,11H2,1-2H3. The quantitative estimate of drug-likeness (QED) is 0.692. The van der Waals surface area contributed by atoms with E-state index in [1.807, 2.05) is 0 Å². The Hall–Kier alpha value is -1.11. The Morgan fingerprint density at radius 3 is 2.20 bits per heavy atom. The number of aryl methyl sites for hydroxylation is 1. The van der Waals surface area contributed by atoms with Gasteiger partial charge in [0.25, 0.3) is 0 Å². The molecule has 0 radical (unpaired) electrons. The highest BCUT2D eigenvalue weighted by atomic mass is 16.1. The Kier molecular flexibility index (Phi) is 5.09. The maximum Gasteiger partial charge on any atom is 0.137 e. The van der Waals surface area contributed by atoms with Gasteiger partial charge in [-0.05, 0) is 24.0 Å². The minimum absolute atomic E-state index is 0.362. The van der Waals surface area contributed by atoms with Crippen LogP contribution in [0.1, 0.15) is 44.2 Å². The number of carbonyl (C=O) groups is 1. The van der Waals surface area contributed by atoms with Gasteiger partial charge in [0.2, 0.25) is 0 Å². The Labute approximate surface area is 92.5 Å². The van der Waals surface area contributed by atoms with Crippen molar-refractivity contribution in [2.24, 2.45) is 0 Å². The van der Waals surface area contributed by atoms with Crippen LogP contribution in [0.15, 0.2) is 24.3 Å². The normalized spacial score (nSPS) is 10.3. The lowest BCUT2D eigenvalue weighted by atomic mass is 10.0. The number of benzene rings is 1. The molecule has 0 unspecified atom stereocenters. The van der Waals surface area contributed by atoms with Crippen molar-refractivity contribution in [2.75, 3.05) is 0 Å². The summed E-state index contributed by atoms with van der Waals surface area (Å²) in [7, 11) is 0. The summed E-state index contributed by atoms with van der Waals surface area (Å²) in [5.41, 5.74) is 2.48. The number of carbonyl (C=O) groups excluding carboxylic acids is 1. The highest BCUT2D eigenvalue weighted by molar-refractivity contribution is 5.80. The molecule has 1 aromatic carbocycles. The molecule has 0 spiro atoms. The van der Waals surface area contributed by atoms with E-state index in [4.69, 9.17) is 0 Å². The van der Waals surface area contributed by atoms with E-state index in [0.29, 0.717) is 12.2 Å². The molecule has 0 fully saturated rings. The zero-order chi connectivity index (χ0) is 11.1. The molecule has 0 saturated carbocycles. The number of ketones is 1. The lowest BCUT2D eigenvalue weighted by Crippen LogP contribution is -2.02. The number of unbranched alkanes of at least 4 members (excludes halogenated alkanes) is 1. The molecule has 0 bridgehead atoms. The van der Waals surface area contributed by atoms with E-state index < -0.39 is 0 Å². The van der Waals surface area contributed by atoms with Crippen LogP contribution in [-0.4, -0.2) is 5.78 Å². The maximum absolute atomic E-state index is 11.5. The van der Waals surface area contributed by atoms with Crippen molar-refractivity contribution < 1.29 is 4.79 Å². The van der Waals surface area contributed by atoms with Crippen LogP contribution in [0, 0.1) is 0 Å². The van der Waals surface area contributed by atoms with Gasteiger partial charge in [-0.2, -0.15) is 0 Å². The van der Waals surface area contributed by atoms with Gasteiger partial charge in [0.15, 0.2) is 0 Å². The number of Topliss-reactive ketones (excluding diaryl/α,β-unsaturated/α-hetero) is 1. The van der Waals surface area contributed by atoms with Crippen LogP contribution in [0.5, 0.6) is 0 Å². The molecular weight excluding hydrogens is 184 g/mol. The summed E-state index contributed by atoms with van der Waals surface area (Å²) in [5, 5.41) is 0. The van der Waals surface area contributed by atoms with Gasteiger partial charge in [0, 0.05) is 12.8 Å². The van der Waals surface area contributed by atoms with Crippen molar-refractivity contribution in [3.05, 3.63) is 35.4 Å². The van der Waals surface area contributed by atoms with Gasteiger partial charge in [-0.1, -0.05) is 44.5 Å². The van der Waals surface area contributed by atoms with Gasteiger partial charge >= 0.3 is 0 Å². The Bertz CT molecular complexity index is 298. The molecule has 0 aliphatic carbocycles. The van der Waals surface area contributed by atoms with Gasteiger partial charge in [-0.25, -0.2) is 0 Å². The predicted molar refractivity (Wildman–Crippen MR) is 64.1 cm³/mol. The van der Waals surface area contributed by atoms with Crippen LogP contribution in [0.2, 0.25) is 0 Å². The van der Waals surface area contributed by atoms with Crippen molar-refractivity contribution in [3.63, 3.8) is 0 Å². The molecule has 0 N–H and O–H groups in total. The minimum Gasteiger partial charge on any atom is -0.299 e. The third kappa shape index (κ3) is 4.28. The molecule has 0 aromatic heterocycles. The molecule has 1 heteroatoms. The molecule has 0 heterocycles. The SMILES string of the molecule is CCCCC(=O)Cc1ccc(CC)cc1. The summed E-state index contributed by atoms with van der Waals surface area (Å²) in [4.78, 5) is 11.5. The zero-order valence-electron chi connectivity index (χ0n) is 9.75. The summed E-state index contributed by atoms with van der Waals surface area (Å²) in [6, 6.07) is 8.37. The molecule has 15 heavy (non-hydrogen) atoms. The third-order valence-electron chi connectivity index (χ3n) is 2.64. The second kappa shape index (κ2) is 6.39. The Morgan fingerprint density at radius 1 is 1.07 bits per heavy atom. The van der Waals surface area contributed by atoms with E-state index in [1.165, 1.54) is 5.56 Å². The van der Waals surface area contributed by atoms with Crippen molar-refractivity contribution in [1.29, 1.82) is 0 Å². The van der Waals surface area contributed by atoms with Crippen molar-refractivity contribution >= 4 is 5.78 Å². The fourth-order valence-electron chi connectivity index (χ4n) is 1.58. The Balaban J connectivity index is 2.46. The van der Waals surface area contributed by atoms with Crippen LogP contribution < -0.4 is 0 Å². The second-order valence-corrected chi connectivity index (χ2v) is 3.99. The van der Waals surface area contributed by atoms with Gasteiger partial charge < -0.3 is 0 Å². The average molecular weight is 204 g/mol. The maximum atomic E-state index is 11.5. The van der Waals surface area contributed by atoms with Gasteiger partial charge in [-0.15, -0.1) is 0 Å². The smallest absolute Gasteiger partial charge is 0.137 e. The molecule has 0 amide bonds. The highest BCUT2D eigenvalue weighted by Gasteiger charge is 2.02. The molecule has 1 aromatic rings. The third-order valence-corrected chi connectivity index (χ3v) is 2.64. The number of hydrogen-bond acceptors (Lipinski definition) is 1. The van der Waals surface area contributed by atoms with E-state index >= 15 is 0 Å². The first kappa shape index (κ1) is 12.0. The van der Waals surface area contributed by atoms with E-state index in [0.717, 1.165) is 31.2 Å². The van der Waals surface area contributed by atoms with Crippen LogP contribution in [0.4, 0.5) is 0 Å².